The van der Waals surface area contributed by atoms with Gasteiger partial charge in [-0.1, -0.05) is 32.9 Å². The molecule has 7 nitrogen and oxygen atoms in total. The molecule has 2 aromatic carbocycles. The molecule has 0 radical (unpaired) electrons. The molecular formula is C31H35N5O2. The van der Waals surface area contributed by atoms with Crippen molar-refractivity contribution in [1.82, 2.24) is 9.91 Å². The first-order valence-electron chi connectivity index (χ1n) is 13.6. The maximum atomic E-state index is 10.9. The van der Waals surface area contributed by atoms with Crippen LogP contribution in [0.5, 0.6) is 11.5 Å². The van der Waals surface area contributed by atoms with Crippen LogP contribution in [0.15, 0.2) is 53.6 Å². The number of likely N-dealkylation sites (tertiary alicyclic amines) is 1. The van der Waals surface area contributed by atoms with Gasteiger partial charge < -0.3 is 9.47 Å². The fraction of sp³-hybridized carbons (Fsp3) is 0.516. The van der Waals surface area contributed by atoms with Crippen LogP contribution in [0, 0.1) is 45.8 Å². The molecule has 3 aliphatic heterocycles. The first-order valence-corrected chi connectivity index (χ1v) is 13.6. The molecular weight excluding hydrogens is 474 g/mol. The third-order valence-electron chi connectivity index (χ3n) is 9.90. The second-order valence-electron chi connectivity index (χ2n) is 11.8. The molecule has 0 aromatic heterocycles. The van der Waals surface area contributed by atoms with Crippen LogP contribution < -0.4 is 9.47 Å². The Morgan fingerprint density at radius 2 is 1.45 bits per heavy atom. The highest BCUT2D eigenvalue weighted by molar-refractivity contribution is 6.05. The largest absolute Gasteiger partial charge is 0.497 e. The molecule has 3 heterocycles. The van der Waals surface area contributed by atoms with Crippen molar-refractivity contribution in [1.29, 1.82) is 10.5 Å². The summed E-state index contributed by atoms with van der Waals surface area (Å²) in [6.07, 6.45) is 2.17. The van der Waals surface area contributed by atoms with Crippen LogP contribution in [0.25, 0.3) is 0 Å². The van der Waals surface area contributed by atoms with Crippen molar-refractivity contribution in [3.05, 3.63) is 59.7 Å². The number of methoxy groups -OCH3 is 2. The molecule has 7 heteroatoms. The zero-order valence-electron chi connectivity index (χ0n) is 22.8. The van der Waals surface area contributed by atoms with Crippen LogP contribution in [0.2, 0.25) is 0 Å². The number of hydrogen-bond acceptors (Lipinski definition) is 7. The fourth-order valence-corrected chi connectivity index (χ4v) is 8.20. The Bertz CT molecular complexity index is 1330. The molecule has 3 fully saturated rings. The summed E-state index contributed by atoms with van der Waals surface area (Å²) < 4.78 is 10.9. The van der Waals surface area contributed by atoms with E-state index in [1.54, 1.807) is 14.2 Å². The van der Waals surface area contributed by atoms with E-state index in [2.05, 4.69) is 49.9 Å². The minimum Gasteiger partial charge on any atom is -0.497 e. The fourth-order valence-electron chi connectivity index (χ4n) is 8.20. The molecule has 0 N–H and O–H groups in total. The number of benzene rings is 2. The van der Waals surface area contributed by atoms with Crippen molar-refractivity contribution in [3.8, 4) is 23.6 Å². The van der Waals surface area contributed by atoms with Gasteiger partial charge in [-0.15, -0.1) is 0 Å². The lowest BCUT2D eigenvalue weighted by molar-refractivity contribution is 0.0309. The minimum atomic E-state index is -1.41. The molecule has 5 atom stereocenters. The van der Waals surface area contributed by atoms with Gasteiger partial charge in [-0.05, 0) is 78.9 Å². The zero-order chi connectivity index (χ0) is 26.9. The third-order valence-corrected chi connectivity index (χ3v) is 9.90. The van der Waals surface area contributed by atoms with Crippen molar-refractivity contribution in [2.45, 2.75) is 50.7 Å². The van der Waals surface area contributed by atoms with E-state index in [0.717, 1.165) is 54.3 Å². The molecule has 196 valence electrons. The molecule has 4 aliphatic rings. The minimum absolute atomic E-state index is 0.00346. The SMILES string of the molecule is COc1ccc(C2=NN3C(C#N)(C#N)[C@@H](N4CCCC4)[C@H](C)[C@@]3(c3ccc(OC)cc3)[C@H]3[C@@H]2C3(C)C)cc1. The summed E-state index contributed by atoms with van der Waals surface area (Å²) >= 11 is 0. The van der Waals surface area contributed by atoms with E-state index in [0.29, 0.717) is 0 Å². The highest BCUT2D eigenvalue weighted by Gasteiger charge is 2.81. The average molecular weight is 510 g/mol. The van der Waals surface area contributed by atoms with Crippen molar-refractivity contribution in [2.75, 3.05) is 27.3 Å². The van der Waals surface area contributed by atoms with Crippen molar-refractivity contribution < 1.29 is 9.47 Å². The van der Waals surface area contributed by atoms with Gasteiger partial charge in [-0.25, -0.2) is 0 Å². The van der Waals surface area contributed by atoms with Crippen LogP contribution in [0.4, 0.5) is 0 Å². The topological polar surface area (TPSA) is 84.9 Å². The first kappa shape index (κ1) is 24.8. The van der Waals surface area contributed by atoms with Gasteiger partial charge in [0.1, 0.15) is 23.6 Å². The van der Waals surface area contributed by atoms with Gasteiger partial charge in [0, 0.05) is 17.8 Å². The molecule has 2 aromatic rings. The summed E-state index contributed by atoms with van der Waals surface area (Å²) in [5, 5.41) is 29.0. The lowest BCUT2D eigenvalue weighted by Gasteiger charge is -2.46. The van der Waals surface area contributed by atoms with Gasteiger partial charge in [-0.3, -0.25) is 9.91 Å². The van der Waals surface area contributed by atoms with Crippen LogP contribution in [-0.4, -0.2) is 54.5 Å². The lowest BCUT2D eigenvalue weighted by Crippen LogP contribution is -2.56. The van der Waals surface area contributed by atoms with Crippen LogP contribution >= 0.6 is 0 Å². The van der Waals surface area contributed by atoms with Crippen molar-refractivity contribution in [3.63, 3.8) is 0 Å². The van der Waals surface area contributed by atoms with Gasteiger partial charge >= 0.3 is 0 Å². The molecule has 0 bridgehead atoms. The van der Waals surface area contributed by atoms with Gasteiger partial charge in [0.05, 0.1) is 31.5 Å². The monoisotopic (exact) mass is 509 g/mol. The molecule has 1 saturated carbocycles. The van der Waals surface area contributed by atoms with Crippen LogP contribution in [0.1, 0.15) is 44.7 Å². The second kappa shape index (κ2) is 8.48. The smallest absolute Gasteiger partial charge is 0.246 e. The van der Waals surface area contributed by atoms with Gasteiger partial charge in [0.15, 0.2) is 0 Å². The zero-order valence-corrected chi connectivity index (χ0v) is 22.8. The molecule has 2 saturated heterocycles. The first-order chi connectivity index (χ1) is 18.3. The van der Waals surface area contributed by atoms with E-state index in [-0.39, 0.29) is 29.2 Å². The summed E-state index contributed by atoms with van der Waals surface area (Å²) in [7, 11) is 3.33. The van der Waals surface area contributed by atoms with Crippen molar-refractivity contribution >= 4 is 5.71 Å². The van der Waals surface area contributed by atoms with Gasteiger partial charge in [-0.2, -0.15) is 15.6 Å². The molecule has 0 amide bonds. The summed E-state index contributed by atoms with van der Waals surface area (Å²) in [4.78, 5) is 2.38. The number of hydrogen-bond donors (Lipinski definition) is 0. The predicted octanol–water partition coefficient (Wildman–Crippen LogP) is 4.79. The highest BCUT2D eigenvalue weighted by Crippen LogP contribution is 2.75. The number of fused-ring (bicyclic) bond motifs is 3. The second-order valence-corrected chi connectivity index (χ2v) is 11.8. The lowest BCUT2D eigenvalue weighted by atomic mass is 9.71. The summed E-state index contributed by atoms with van der Waals surface area (Å²) in [5.41, 5.74) is 0.978. The third kappa shape index (κ3) is 3.00. The Labute approximate surface area is 225 Å². The number of nitrogens with zero attached hydrogens (tertiary/aromatic N) is 5. The molecule has 1 aliphatic carbocycles. The summed E-state index contributed by atoms with van der Waals surface area (Å²) in [6.45, 7) is 8.67. The number of ether oxygens (including phenoxy) is 2. The number of nitriles is 2. The average Bonchev–Trinajstić information content (AvgIpc) is 3.26. The standard InChI is InChI=1S/C31H35N5O2/c1-20-28(35-16-6-7-17-35)30(18-32,19-33)36-31(20,22-10-14-24(38-5)15-11-22)27-25(29(27,2)3)26(34-36)21-8-12-23(37-4)13-9-21/h8-15,20,25,27-28H,6-7,16-17H2,1-5H3/t20-,25+,27-,28-,31+/m0/s1. The summed E-state index contributed by atoms with van der Waals surface area (Å²) in [5.74, 6) is 1.96. The van der Waals surface area contributed by atoms with E-state index in [1.165, 1.54) is 0 Å². The molecule has 0 spiro atoms. The Morgan fingerprint density at radius 3 is 1.97 bits per heavy atom. The van der Waals surface area contributed by atoms with Crippen molar-refractivity contribution in [2.24, 2.45) is 28.3 Å². The van der Waals surface area contributed by atoms with E-state index in [1.807, 2.05) is 41.4 Å². The molecule has 0 unspecified atom stereocenters. The Morgan fingerprint density at radius 1 is 0.895 bits per heavy atom. The maximum absolute atomic E-state index is 10.9. The maximum Gasteiger partial charge on any atom is 0.246 e. The highest BCUT2D eigenvalue weighted by atomic mass is 16.5. The summed E-state index contributed by atoms with van der Waals surface area (Å²) in [6, 6.07) is 21.0. The molecule has 6 rings (SSSR count). The number of hydrazone groups is 1. The van der Waals surface area contributed by atoms with E-state index < -0.39 is 11.1 Å². The van der Waals surface area contributed by atoms with Gasteiger partial charge in [0.2, 0.25) is 5.54 Å². The van der Waals surface area contributed by atoms with Crippen LogP contribution in [-0.2, 0) is 5.54 Å². The normalized spacial score (nSPS) is 32.4. The Balaban J connectivity index is 1.62. The molecule has 38 heavy (non-hydrogen) atoms. The Hall–Kier alpha value is -3.55. The predicted molar refractivity (Wildman–Crippen MR) is 145 cm³/mol. The number of rotatable bonds is 5. The van der Waals surface area contributed by atoms with E-state index >= 15 is 0 Å². The van der Waals surface area contributed by atoms with E-state index in [9.17, 15) is 10.5 Å². The Kier molecular flexibility index (Phi) is 5.53. The van der Waals surface area contributed by atoms with Gasteiger partial charge in [0.25, 0.3) is 0 Å². The van der Waals surface area contributed by atoms with Crippen LogP contribution in [0.3, 0.4) is 0 Å². The quantitative estimate of drug-likeness (QED) is 0.576. The van der Waals surface area contributed by atoms with E-state index in [4.69, 9.17) is 14.6 Å².